The summed E-state index contributed by atoms with van der Waals surface area (Å²) in [5, 5.41) is 13.1. The van der Waals surface area contributed by atoms with Gasteiger partial charge in [-0.25, -0.2) is 0 Å². The topological polar surface area (TPSA) is 44.7 Å². The first-order valence-corrected chi connectivity index (χ1v) is 6.93. The van der Waals surface area contributed by atoms with Crippen LogP contribution in [0.25, 0.3) is 0 Å². The van der Waals surface area contributed by atoms with E-state index in [1.54, 1.807) is 7.11 Å². The molecule has 1 unspecified atom stereocenters. The van der Waals surface area contributed by atoms with Crippen molar-refractivity contribution < 1.29 is 9.84 Å². The molecule has 1 aliphatic rings. The molecular weight excluding hydrogens is 240 g/mol. The maximum atomic E-state index is 9.68. The first kappa shape index (κ1) is 14.3. The second kappa shape index (κ2) is 6.89. The molecule has 0 spiro atoms. The molecule has 1 fully saturated rings. The van der Waals surface area contributed by atoms with Gasteiger partial charge >= 0.3 is 0 Å². The van der Waals surface area contributed by atoms with Crippen LogP contribution < -0.4 is 10.2 Å². The number of hydrogen-bond donors (Lipinski definition) is 2. The van der Waals surface area contributed by atoms with Crippen molar-refractivity contribution in [3.8, 4) is 0 Å². The van der Waals surface area contributed by atoms with Crippen LogP contribution in [0.3, 0.4) is 0 Å². The van der Waals surface area contributed by atoms with Crippen LogP contribution >= 0.6 is 0 Å². The van der Waals surface area contributed by atoms with Crippen LogP contribution in [-0.4, -0.2) is 44.6 Å². The van der Waals surface area contributed by atoms with Crippen molar-refractivity contribution in [3.05, 3.63) is 29.3 Å². The molecule has 0 saturated carbocycles. The summed E-state index contributed by atoms with van der Waals surface area (Å²) in [5.74, 6) is 0. The van der Waals surface area contributed by atoms with Crippen molar-refractivity contribution in [2.45, 2.75) is 26.0 Å². The van der Waals surface area contributed by atoms with Crippen LogP contribution in [0.2, 0.25) is 0 Å². The van der Waals surface area contributed by atoms with Crippen molar-refractivity contribution in [2.75, 3.05) is 38.3 Å². The zero-order valence-electron chi connectivity index (χ0n) is 11.9. The number of rotatable bonds is 6. The number of ether oxygens (including phenoxy) is 1. The van der Waals surface area contributed by atoms with Gasteiger partial charge in [0.25, 0.3) is 0 Å². The third kappa shape index (κ3) is 3.93. The summed E-state index contributed by atoms with van der Waals surface area (Å²) < 4.78 is 5.04. The molecular formula is C15H24N2O2. The Kier molecular flexibility index (Phi) is 5.19. The van der Waals surface area contributed by atoms with E-state index in [1.165, 1.54) is 16.8 Å². The summed E-state index contributed by atoms with van der Waals surface area (Å²) in [5.41, 5.74) is 3.81. The quantitative estimate of drug-likeness (QED) is 0.760. The minimum absolute atomic E-state index is 0.185. The number of aliphatic hydroxyl groups is 1. The average molecular weight is 264 g/mol. The number of anilines is 1. The molecule has 0 radical (unpaired) electrons. The lowest BCUT2D eigenvalue weighted by Crippen LogP contribution is -2.25. The van der Waals surface area contributed by atoms with Gasteiger partial charge in [-0.1, -0.05) is 17.7 Å². The lowest BCUT2D eigenvalue weighted by atomic mass is 10.1. The summed E-state index contributed by atoms with van der Waals surface area (Å²) in [6.45, 7) is 6.22. The highest BCUT2D eigenvalue weighted by atomic mass is 16.5. The Morgan fingerprint density at radius 3 is 3.00 bits per heavy atom. The number of aliphatic hydroxyl groups excluding tert-OH is 1. The minimum Gasteiger partial charge on any atom is -0.391 e. The summed E-state index contributed by atoms with van der Waals surface area (Å²) in [7, 11) is 1.71. The van der Waals surface area contributed by atoms with E-state index in [4.69, 9.17) is 4.74 Å². The Bertz CT molecular complexity index is 409. The highest BCUT2D eigenvalue weighted by Crippen LogP contribution is 2.25. The predicted molar refractivity (Wildman–Crippen MR) is 77.6 cm³/mol. The van der Waals surface area contributed by atoms with Crippen LogP contribution in [0.5, 0.6) is 0 Å². The molecule has 0 amide bonds. The van der Waals surface area contributed by atoms with Gasteiger partial charge in [0.15, 0.2) is 0 Å². The highest BCUT2D eigenvalue weighted by Gasteiger charge is 2.22. The van der Waals surface area contributed by atoms with Gasteiger partial charge in [0.2, 0.25) is 0 Å². The Hall–Kier alpha value is -1.10. The summed E-state index contributed by atoms with van der Waals surface area (Å²) in [4.78, 5) is 2.28. The summed E-state index contributed by atoms with van der Waals surface area (Å²) >= 11 is 0. The van der Waals surface area contributed by atoms with E-state index < -0.39 is 0 Å². The first-order chi connectivity index (χ1) is 9.20. The van der Waals surface area contributed by atoms with Gasteiger partial charge in [0.1, 0.15) is 0 Å². The van der Waals surface area contributed by atoms with E-state index in [0.717, 1.165) is 39.2 Å². The lowest BCUT2D eigenvalue weighted by Gasteiger charge is -2.22. The minimum atomic E-state index is -0.185. The Labute approximate surface area is 115 Å². The molecule has 2 N–H and O–H groups in total. The Balaban J connectivity index is 2.04. The Morgan fingerprint density at radius 2 is 2.32 bits per heavy atom. The number of β-amino-alcohol motifs (C(OH)–C–C–N with tert-alkyl or cyclic N) is 1. The molecule has 0 aliphatic carbocycles. The molecule has 0 bridgehead atoms. The van der Waals surface area contributed by atoms with Crippen molar-refractivity contribution >= 4 is 5.69 Å². The second-order valence-corrected chi connectivity index (χ2v) is 5.19. The van der Waals surface area contributed by atoms with Crippen LogP contribution in [0.15, 0.2) is 18.2 Å². The predicted octanol–water partition coefficient (Wildman–Crippen LogP) is 1.30. The average Bonchev–Trinajstić information content (AvgIpc) is 2.81. The van der Waals surface area contributed by atoms with E-state index in [9.17, 15) is 5.11 Å². The fourth-order valence-electron chi connectivity index (χ4n) is 2.52. The standard InChI is InChI=1S/C15H24N2O2/c1-12-3-4-15(17-7-5-14(18)11-17)13(9-12)10-16-6-8-19-2/h3-4,9,14,16,18H,5-8,10-11H2,1-2H3. The van der Waals surface area contributed by atoms with Crippen molar-refractivity contribution in [2.24, 2.45) is 0 Å². The van der Waals surface area contributed by atoms with E-state index in [0.29, 0.717) is 0 Å². The van der Waals surface area contributed by atoms with Crippen molar-refractivity contribution in [1.29, 1.82) is 0 Å². The molecule has 1 aliphatic heterocycles. The molecule has 106 valence electrons. The third-order valence-corrected chi connectivity index (χ3v) is 3.54. The smallest absolute Gasteiger partial charge is 0.0731 e. The van der Waals surface area contributed by atoms with Gasteiger partial charge < -0.3 is 20.1 Å². The van der Waals surface area contributed by atoms with Crippen molar-refractivity contribution in [3.63, 3.8) is 0 Å². The number of aryl methyl sites for hydroxylation is 1. The van der Waals surface area contributed by atoms with Gasteiger partial charge in [-0.05, 0) is 25.0 Å². The first-order valence-electron chi connectivity index (χ1n) is 6.93. The normalized spacial score (nSPS) is 19.1. The molecule has 1 aromatic carbocycles. The fourth-order valence-corrected chi connectivity index (χ4v) is 2.52. The lowest BCUT2D eigenvalue weighted by molar-refractivity contribution is 0.198. The Morgan fingerprint density at radius 1 is 1.47 bits per heavy atom. The van der Waals surface area contributed by atoms with Gasteiger partial charge in [-0.3, -0.25) is 0 Å². The maximum Gasteiger partial charge on any atom is 0.0731 e. The molecule has 2 rings (SSSR count). The second-order valence-electron chi connectivity index (χ2n) is 5.19. The largest absolute Gasteiger partial charge is 0.391 e. The van der Waals surface area contributed by atoms with E-state index in [-0.39, 0.29) is 6.10 Å². The van der Waals surface area contributed by atoms with E-state index >= 15 is 0 Å². The van der Waals surface area contributed by atoms with Crippen LogP contribution in [-0.2, 0) is 11.3 Å². The van der Waals surface area contributed by atoms with E-state index in [2.05, 4.69) is 35.3 Å². The van der Waals surface area contributed by atoms with Crippen molar-refractivity contribution in [1.82, 2.24) is 5.32 Å². The molecule has 19 heavy (non-hydrogen) atoms. The number of hydrogen-bond acceptors (Lipinski definition) is 4. The number of benzene rings is 1. The SMILES string of the molecule is COCCNCc1cc(C)ccc1N1CCC(O)C1. The zero-order valence-corrected chi connectivity index (χ0v) is 11.9. The van der Waals surface area contributed by atoms with Gasteiger partial charge in [0, 0.05) is 39.0 Å². The molecule has 1 heterocycles. The number of nitrogens with zero attached hydrogens (tertiary/aromatic N) is 1. The highest BCUT2D eigenvalue weighted by molar-refractivity contribution is 5.55. The van der Waals surface area contributed by atoms with Crippen LogP contribution in [0, 0.1) is 6.92 Å². The third-order valence-electron chi connectivity index (χ3n) is 3.54. The summed E-state index contributed by atoms with van der Waals surface area (Å²) in [6, 6.07) is 6.53. The zero-order chi connectivity index (χ0) is 13.7. The van der Waals surface area contributed by atoms with Crippen LogP contribution in [0.1, 0.15) is 17.5 Å². The fraction of sp³-hybridized carbons (Fsp3) is 0.600. The van der Waals surface area contributed by atoms with E-state index in [1.807, 2.05) is 0 Å². The molecule has 4 heteroatoms. The maximum absolute atomic E-state index is 9.68. The molecule has 1 aromatic rings. The number of nitrogens with one attached hydrogen (secondary N) is 1. The molecule has 1 saturated heterocycles. The van der Waals surface area contributed by atoms with Gasteiger partial charge in [-0.15, -0.1) is 0 Å². The van der Waals surface area contributed by atoms with Gasteiger partial charge in [0.05, 0.1) is 12.7 Å². The van der Waals surface area contributed by atoms with Gasteiger partial charge in [-0.2, -0.15) is 0 Å². The number of methoxy groups -OCH3 is 1. The molecule has 1 atom stereocenters. The summed E-state index contributed by atoms with van der Waals surface area (Å²) in [6.07, 6.45) is 0.681. The monoisotopic (exact) mass is 264 g/mol. The van der Waals surface area contributed by atoms with Crippen LogP contribution in [0.4, 0.5) is 5.69 Å². The molecule has 0 aromatic heterocycles. The molecule has 4 nitrogen and oxygen atoms in total.